The van der Waals surface area contributed by atoms with Gasteiger partial charge in [0.05, 0.1) is 30.1 Å². The monoisotopic (exact) mass is 255 g/mol. The summed E-state index contributed by atoms with van der Waals surface area (Å²) in [5.41, 5.74) is 5.24. The number of hydrogen-bond donors (Lipinski definition) is 1. The van der Waals surface area contributed by atoms with Crippen LogP contribution in [-0.4, -0.2) is 23.3 Å². The molecular weight excluding hydrogens is 242 g/mol. The molecule has 1 aromatic carbocycles. The van der Waals surface area contributed by atoms with E-state index in [1.165, 1.54) is 0 Å². The number of hydrazone groups is 1. The van der Waals surface area contributed by atoms with Crippen molar-refractivity contribution in [2.45, 2.75) is 13.3 Å². The highest BCUT2D eigenvalue weighted by Crippen LogP contribution is 2.29. The minimum absolute atomic E-state index is 0.126. The Balaban J connectivity index is 2.03. The zero-order chi connectivity index (χ0) is 13.2. The van der Waals surface area contributed by atoms with E-state index in [9.17, 15) is 4.79 Å². The number of anilines is 1. The molecule has 2 heterocycles. The van der Waals surface area contributed by atoms with Crippen molar-refractivity contribution in [3.63, 3.8) is 0 Å². The molecule has 1 N–H and O–H groups in total. The highest BCUT2D eigenvalue weighted by molar-refractivity contribution is 6.19. The quantitative estimate of drug-likeness (QED) is 0.855. The second kappa shape index (κ2) is 4.68. The first-order valence-electron chi connectivity index (χ1n) is 6.16. The molecule has 0 saturated carbocycles. The molecule has 0 bridgehead atoms. The summed E-state index contributed by atoms with van der Waals surface area (Å²) in [6, 6.07) is 7.86. The van der Waals surface area contributed by atoms with E-state index in [1.54, 1.807) is 13.1 Å². The van der Waals surface area contributed by atoms with Gasteiger partial charge < -0.3 is 4.74 Å². The standard InChI is InChI=1S/C14H13N3O2/c1-2-19-12(18)8-11-14-13-9(6-7-15-14)4-3-5-10(13)16-17-11/h3-7,16H,2,8H2,1H3. The van der Waals surface area contributed by atoms with Gasteiger partial charge >= 0.3 is 5.97 Å². The molecule has 0 amide bonds. The fourth-order valence-electron chi connectivity index (χ4n) is 2.19. The summed E-state index contributed by atoms with van der Waals surface area (Å²) in [7, 11) is 0. The number of nitrogens with zero attached hydrogens (tertiary/aromatic N) is 2. The van der Waals surface area contributed by atoms with Crippen molar-refractivity contribution in [2.75, 3.05) is 12.0 Å². The number of aromatic nitrogens is 1. The number of carbonyl (C=O) groups excluding carboxylic acids is 1. The molecule has 1 aliphatic heterocycles. The molecule has 0 spiro atoms. The Morgan fingerprint density at radius 1 is 1.37 bits per heavy atom. The highest BCUT2D eigenvalue weighted by Gasteiger charge is 2.20. The van der Waals surface area contributed by atoms with E-state index >= 15 is 0 Å². The summed E-state index contributed by atoms with van der Waals surface area (Å²) < 4.78 is 4.95. The van der Waals surface area contributed by atoms with Gasteiger partial charge in [0.25, 0.3) is 0 Å². The van der Waals surface area contributed by atoms with Gasteiger partial charge in [0.15, 0.2) is 0 Å². The molecule has 0 aliphatic carbocycles. The Morgan fingerprint density at radius 3 is 3.11 bits per heavy atom. The van der Waals surface area contributed by atoms with Gasteiger partial charge in [-0.3, -0.25) is 15.2 Å². The molecule has 0 atom stereocenters. The second-order valence-electron chi connectivity index (χ2n) is 4.22. The largest absolute Gasteiger partial charge is 0.466 e. The summed E-state index contributed by atoms with van der Waals surface area (Å²) in [6.07, 6.45) is 1.86. The normalized spacial score (nSPS) is 12.8. The van der Waals surface area contributed by atoms with Gasteiger partial charge in [-0.05, 0) is 24.4 Å². The molecule has 0 fully saturated rings. The molecule has 0 saturated heterocycles. The Labute approximate surface area is 110 Å². The van der Waals surface area contributed by atoms with Crippen molar-refractivity contribution in [3.8, 4) is 0 Å². The van der Waals surface area contributed by atoms with E-state index in [2.05, 4.69) is 15.5 Å². The number of rotatable bonds is 3. The maximum absolute atomic E-state index is 11.6. The van der Waals surface area contributed by atoms with Gasteiger partial charge in [0.2, 0.25) is 0 Å². The molecule has 2 aromatic rings. The summed E-state index contributed by atoms with van der Waals surface area (Å²) in [4.78, 5) is 15.9. The third-order valence-corrected chi connectivity index (χ3v) is 2.99. The predicted molar refractivity (Wildman–Crippen MR) is 73.2 cm³/mol. The summed E-state index contributed by atoms with van der Waals surface area (Å²) >= 11 is 0. The Kier molecular flexibility index (Phi) is 2.87. The zero-order valence-corrected chi connectivity index (χ0v) is 10.5. The first kappa shape index (κ1) is 11.6. The number of hydrogen-bond acceptors (Lipinski definition) is 5. The van der Waals surface area contributed by atoms with Crippen LogP contribution in [0.25, 0.3) is 10.8 Å². The Hall–Kier alpha value is -2.43. The van der Waals surface area contributed by atoms with Gasteiger partial charge in [0, 0.05) is 11.6 Å². The lowest BCUT2D eigenvalue weighted by atomic mass is 10.0. The fourth-order valence-corrected chi connectivity index (χ4v) is 2.19. The lowest BCUT2D eigenvalue weighted by molar-refractivity contribution is -0.141. The second-order valence-corrected chi connectivity index (χ2v) is 4.22. The molecule has 1 aromatic heterocycles. The number of carbonyl (C=O) groups is 1. The van der Waals surface area contributed by atoms with E-state index < -0.39 is 0 Å². The summed E-state index contributed by atoms with van der Waals surface area (Å²) in [5.74, 6) is -0.291. The number of benzene rings is 1. The number of esters is 1. The number of pyridine rings is 1. The highest BCUT2D eigenvalue weighted by atomic mass is 16.5. The minimum Gasteiger partial charge on any atom is -0.466 e. The van der Waals surface area contributed by atoms with Crippen LogP contribution >= 0.6 is 0 Å². The molecule has 5 heteroatoms. The zero-order valence-electron chi connectivity index (χ0n) is 10.5. The SMILES string of the molecule is CCOC(=O)CC1=NNc2cccc3ccnc1c23. The average molecular weight is 255 g/mol. The lowest BCUT2D eigenvalue weighted by Crippen LogP contribution is -2.18. The first-order valence-corrected chi connectivity index (χ1v) is 6.16. The number of nitrogens with one attached hydrogen (secondary N) is 1. The molecule has 1 aliphatic rings. The molecule has 0 unspecified atom stereocenters. The van der Waals surface area contributed by atoms with Crippen LogP contribution in [0, 0.1) is 0 Å². The van der Waals surface area contributed by atoms with E-state index in [0.29, 0.717) is 12.3 Å². The van der Waals surface area contributed by atoms with Gasteiger partial charge in [-0.15, -0.1) is 0 Å². The first-order chi connectivity index (χ1) is 9.29. The predicted octanol–water partition coefficient (Wildman–Crippen LogP) is 2.32. The maximum Gasteiger partial charge on any atom is 0.312 e. The smallest absolute Gasteiger partial charge is 0.312 e. The van der Waals surface area contributed by atoms with Crippen LogP contribution in [0.2, 0.25) is 0 Å². The van der Waals surface area contributed by atoms with Gasteiger partial charge in [-0.1, -0.05) is 12.1 Å². The maximum atomic E-state index is 11.6. The number of ether oxygens (including phenoxy) is 1. The molecule has 0 radical (unpaired) electrons. The third kappa shape index (κ3) is 2.03. The van der Waals surface area contributed by atoms with Crippen molar-refractivity contribution in [2.24, 2.45) is 5.10 Å². The van der Waals surface area contributed by atoms with Crippen LogP contribution < -0.4 is 5.43 Å². The fraction of sp³-hybridized carbons (Fsp3) is 0.214. The van der Waals surface area contributed by atoms with Crippen LogP contribution in [0.15, 0.2) is 35.6 Å². The van der Waals surface area contributed by atoms with Gasteiger partial charge in [-0.25, -0.2) is 0 Å². The Morgan fingerprint density at radius 2 is 2.26 bits per heavy atom. The van der Waals surface area contributed by atoms with E-state index in [1.807, 2.05) is 24.3 Å². The molecule has 5 nitrogen and oxygen atoms in total. The van der Waals surface area contributed by atoms with Crippen molar-refractivity contribution in [1.82, 2.24) is 4.98 Å². The third-order valence-electron chi connectivity index (χ3n) is 2.99. The molecule has 3 rings (SSSR count). The van der Waals surface area contributed by atoms with Crippen molar-refractivity contribution in [3.05, 3.63) is 36.2 Å². The average Bonchev–Trinajstić information content (AvgIpc) is 2.43. The van der Waals surface area contributed by atoms with Crippen LogP contribution in [0.3, 0.4) is 0 Å². The van der Waals surface area contributed by atoms with E-state index in [-0.39, 0.29) is 12.4 Å². The van der Waals surface area contributed by atoms with Gasteiger partial charge in [0.1, 0.15) is 0 Å². The van der Waals surface area contributed by atoms with Crippen LogP contribution in [0.1, 0.15) is 19.0 Å². The molecular formula is C14H13N3O2. The lowest BCUT2D eigenvalue weighted by Gasteiger charge is -2.17. The van der Waals surface area contributed by atoms with Crippen LogP contribution in [-0.2, 0) is 9.53 Å². The van der Waals surface area contributed by atoms with E-state index in [4.69, 9.17) is 4.74 Å². The Bertz CT molecular complexity index is 674. The van der Waals surface area contributed by atoms with Crippen molar-refractivity contribution < 1.29 is 9.53 Å². The molecule has 96 valence electrons. The van der Waals surface area contributed by atoms with Crippen molar-refractivity contribution >= 4 is 28.1 Å². The van der Waals surface area contributed by atoms with Crippen molar-refractivity contribution in [1.29, 1.82) is 0 Å². The van der Waals surface area contributed by atoms with Gasteiger partial charge in [-0.2, -0.15) is 5.10 Å². The summed E-state index contributed by atoms with van der Waals surface area (Å²) in [5, 5.41) is 6.30. The van der Waals surface area contributed by atoms with Crippen LogP contribution in [0.4, 0.5) is 5.69 Å². The minimum atomic E-state index is -0.291. The molecule has 19 heavy (non-hydrogen) atoms. The van der Waals surface area contributed by atoms with E-state index in [0.717, 1.165) is 22.2 Å². The summed E-state index contributed by atoms with van der Waals surface area (Å²) in [6.45, 7) is 2.15. The van der Waals surface area contributed by atoms with Crippen LogP contribution in [0.5, 0.6) is 0 Å². The topological polar surface area (TPSA) is 63.6 Å².